The van der Waals surface area contributed by atoms with Crippen LogP contribution in [0.5, 0.6) is 0 Å². The van der Waals surface area contributed by atoms with E-state index >= 15 is 0 Å². The summed E-state index contributed by atoms with van der Waals surface area (Å²) >= 11 is 0. The van der Waals surface area contributed by atoms with Gasteiger partial charge in [-0.1, -0.05) is 22.8 Å². The van der Waals surface area contributed by atoms with Crippen molar-refractivity contribution in [3.63, 3.8) is 0 Å². The summed E-state index contributed by atoms with van der Waals surface area (Å²) in [5.41, 5.74) is 10.3. The Hall–Kier alpha value is -0.600. The predicted molar refractivity (Wildman–Crippen MR) is 62.2 cm³/mol. The summed E-state index contributed by atoms with van der Waals surface area (Å²) in [5, 5.41) is 3.33. The van der Waals surface area contributed by atoms with Gasteiger partial charge in [0.2, 0.25) is 0 Å². The minimum Gasteiger partial charge on any atom is -0.323 e. The molecule has 0 aromatic heterocycles. The molecule has 0 radical (unpaired) electrons. The second-order valence-electron chi connectivity index (χ2n) is 4.40. The number of nitrogens with one attached hydrogen (secondary N) is 1. The third-order valence-corrected chi connectivity index (χ3v) is 2.86. The largest absolute Gasteiger partial charge is 0.323 e. The zero-order valence-corrected chi connectivity index (χ0v) is 9.56. The molecule has 1 aliphatic rings. The number of nitrogens with two attached hydrogens (primary N) is 1. The van der Waals surface area contributed by atoms with E-state index in [9.17, 15) is 0 Å². The zero-order valence-electron chi connectivity index (χ0n) is 9.56. The monoisotopic (exact) mass is 194 g/mol. The molecule has 3 N–H and O–H groups in total. The Morgan fingerprint density at radius 2 is 2.21 bits per heavy atom. The summed E-state index contributed by atoms with van der Waals surface area (Å²) in [5.74, 6) is 0. The van der Waals surface area contributed by atoms with E-state index in [1.807, 2.05) is 0 Å². The molecule has 0 aromatic carbocycles. The van der Waals surface area contributed by atoms with Gasteiger partial charge >= 0.3 is 0 Å². The summed E-state index contributed by atoms with van der Waals surface area (Å²) in [7, 11) is 0. The Kier molecular flexibility index (Phi) is 4.36. The highest BCUT2D eigenvalue weighted by molar-refractivity contribution is 5.16. The van der Waals surface area contributed by atoms with Crippen LogP contribution in [0.4, 0.5) is 0 Å². The third-order valence-electron chi connectivity index (χ3n) is 2.86. The van der Waals surface area contributed by atoms with Gasteiger partial charge in [-0.3, -0.25) is 0 Å². The van der Waals surface area contributed by atoms with E-state index in [1.165, 1.54) is 23.1 Å². The molecule has 0 amide bonds. The SMILES string of the molecule is CC(C)=C(C)CCC1=CC(N)CNC1. The first-order valence-corrected chi connectivity index (χ1v) is 5.38. The molecule has 0 saturated carbocycles. The summed E-state index contributed by atoms with van der Waals surface area (Å²) in [6.07, 6.45) is 4.54. The lowest BCUT2D eigenvalue weighted by molar-refractivity contribution is 0.618. The lowest BCUT2D eigenvalue weighted by atomic mass is 9.99. The molecule has 1 rings (SSSR count). The van der Waals surface area contributed by atoms with E-state index in [0.29, 0.717) is 0 Å². The van der Waals surface area contributed by atoms with Crippen molar-refractivity contribution in [2.75, 3.05) is 13.1 Å². The van der Waals surface area contributed by atoms with Crippen LogP contribution in [0, 0.1) is 0 Å². The van der Waals surface area contributed by atoms with Crippen LogP contribution >= 0.6 is 0 Å². The Labute approximate surface area is 87.3 Å². The molecule has 0 aliphatic carbocycles. The average Bonchev–Trinajstić information content (AvgIpc) is 2.14. The predicted octanol–water partition coefficient (Wildman–Crippen LogP) is 1.98. The number of hydrogen-bond acceptors (Lipinski definition) is 2. The van der Waals surface area contributed by atoms with Crippen LogP contribution in [0.1, 0.15) is 33.6 Å². The summed E-state index contributed by atoms with van der Waals surface area (Å²) in [6, 6.07) is 0.214. The van der Waals surface area contributed by atoms with Crippen molar-refractivity contribution in [3.05, 3.63) is 22.8 Å². The fourth-order valence-electron chi connectivity index (χ4n) is 1.59. The maximum atomic E-state index is 5.84. The van der Waals surface area contributed by atoms with E-state index in [4.69, 9.17) is 5.73 Å². The smallest absolute Gasteiger partial charge is 0.0354 e. The number of rotatable bonds is 3. The fourth-order valence-corrected chi connectivity index (χ4v) is 1.59. The van der Waals surface area contributed by atoms with Crippen LogP contribution in [0.3, 0.4) is 0 Å². The molecule has 2 nitrogen and oxygen atoms in total. The molecule has 0 bridgehead atoms. The normalized spacial score (nSPS) is 21.7. The van der Waals surface area contributed by atoms with Crippen molar-refractivity contribution < 1.29 is 0 Å². The van der Waals surface area contributed by atoms with Gasteiger partial charge in [0.05, 0.1) is 0 Å². The lowest BCUT2D eigenvalue weighted by Crippen LogP contribution is -2.37. The highest BCUT2D eigenvalue weighted by Gasteiger charge is 2.08. The molecule has 1 heterocycles. The molecule has 14 heavy (non-hydrogen) atoms. The van der Waals surface area contributed by atoms with Gasteiger partial charge in [-0.15, -0.1) is 0 Å². The van der Waals surface area contributed by atoms with Crippen molar-refractivity contribution >= 4 is 0 Å². The first-order chi connectivity index (χ1) is 6.59. The van der Waals surface area contributed by atoms with Gasteiger partial charge in [0.15, 0.2) is 0 Å². The lowest BCUT2D eigenvalue weighted by Gasteiger charge is -2.19. The molecule has 0 fully saturated rings. The van der Waals surface area contributed by atoms with E-state index < -0.39 is 0 Å². The van der Waals surface area contributed by atoms with E-state index in [-0.39, 0.29) is 6.04 Å². The third kappa shape index (κ3) is 3.64. The van der Waals surface area contributed by atoms with Crippen molar-refractivity contribution in [1.29, 1.82) is 0 Å². The number of allylic oxidation sites excluding steroid dienone is 2. The molecular weight excluding hydrogens is 172 g/mol. The summed E-state index contributed by atoms with van der Waals surface area (Å²) < 4.78 is 0. The van der Waals surface area contributed by atoms with E-state index in [0.717, 1.165) is 19.5 Å². The summed E-state index contributed by atoms with van der Waals surface area (Å²) in [6.45, 7) is 8.50. The molecule has 2 heteroatoms. The maximum Gasteiger partial charge on any atom is 0.0354 e. The molecular formula is C12H22N2. The second kappa shape index (κ2) is 5.32. The van der Waals surface area contributed by atoms with Gasteiger partial charge in [0.25, 0.3) is 0 Å². The van der Waals surface area contributed by atoms with Crippen LogP contribution in [0.2, 0.25) is 0 Å². The molecule has 0 saturated heterocycles. The van der Waals surface area contributed by atoms with Crippen molar-refractivity contribution in [3.8, 4) is 0 Å². The Morgan fingerprint density at radius 1 is 1.50 bits per heavy atom. The standard InChI is InChI=1S/C12H22N2/c1-9(2)10(3)4-5-11-6-12(13)8-14-7-11/h6,12,14H,4-5,7-8,13H2,1-3H3. The van der Waals surface area contributed by atoms with Crippen LogP contribution < -0.4 is 11.1 Å². The number of hydrogen-bond donors (Lipinski definition) is 2. The highest BCUT2D eigenvalue weighted by Crippen LogP contribution is 2.15. The van der Waals surface area contributed by atoms with Crippen LogP contribution in [-0.4, -0.2) is 19.1 Å². The maximum absolute atomic E-state index is 5.84. The second-order valence-corrected chi connectivity index (χ2v) is 4.40. The molecule has 0 spiro atoms. The minimum absolute atomic E-state index is 0.214. The first kappa shape index (κ1) is 11.5. The molecule has 80 valence electrons. The summed E-state index contributed by atoms with van der Waals surface area (Å²) in [4.78, 5) is 0. The average molecular weight is 194 g/mol. The van der Waals surface area contributed by atoms with Gasteiger partial charge < -0.3 is 11.1 Å². The Bertz CT molecular complexity index is 247. The first-order valence-electron chi connectivity index (χ1n) is 5.38. The molecule has 1 atom stereocenters. The van der Waals surface area contributed by atoms with Crippen molar-refractivity contribution in [2.45, 2.75) is 39.7 Å². The molecule has 1 unspecified atom stereocenters. The zero-order chi connectivity index (χ0) is 10.6. The van der Waals surface area contributed by atoms with Crippen molar-refractivity contribution in [2.24, 2.45) is 5.73 Å². The van der Waals surface area contributed by atoms with Gasteiger partial charge in [0.1, 0.15) is 0 Å². The molecule has 1 aliphatic heterocycles. The van der Waals surface area contributed by atoms with E-state index in [1.54, 1.807) is 0 Å². The van der Waals surface area contributed by atoms with Crippen LogP contribution in [0.15, 0.2) is 22.8 Å². The topological polar surface area (TPSA) is 38.0 Å². The quantitative estimate of drug-likeness (QED) is 0.674. The van der Waals surface area contributed by atoms with Gasteiger partial charge in [-0.25, -0.2) is 0 Å². The van der Waals surface area contributed by atoms with Crippen LogP contribution in [-0.2, 0) is 0 Å². The minimum atomic E-state index is 0.214. The van der Waals surface area contributed by atoms with Gasteiger partial charge in [0, 0.05) is 19.1 Å². The highest BCUT2D eigenvalue weighted by atomic mass is 14.9. The fraction of sp³-hybridized carbons (Fsp3) is 0.667. The van der Waals surface area contributed by atoms with Crippen LogP contribution in [0.25, 0.3) is 0 Å². The molecule has 0 aromatic rings. The van der Waals surface area contributed by atoms with Crippen molar-refractivity contribution in [1.82, 2.24) is 5.32 Å². The van der Waals surface area contributed by atoms with Gasteiger partial charge in [-0.05, 0) is 33.6 Å². The Morgan fingerprint density at radius 3 is 2.79 bits per heavy atom. The Balaban J connectivity index is 2.42. The van der Waals surface area contributed by atoms with E-state index in [2.05, 4.69) is 32.2 Å². The van der Waals surface area contributed by atoms with Gasteiger partial charge in [-0.2, -0.15) is 0 Å².